The van der Waals surface area contributed by atoms with Gasteiger partial charge < -0.3 is 28.8 Å². The van der Waals surface area contributed by atoms with E-state index in [2.05, 4.69) is 0 Å². The number of rotatable bonds is 11. The molecule has 0 bridgehead atoms. The Labute approximate surface area is 201 Å². The summed E-state index contributed by atoms with van der Waals surface area (Å²) in [6, 6.07) is 29.6. The van der Waals surface area contributed by atoms with Crippen LogP contribution in [0.25, 0.3) is 0 Å². The van der Waals surface area contributed by atoms with E-state index in [0.29, 0.717) is 19.8 Å². The first-order chi connectivity index (χ1) is 16.7. The maximum Gasteiger partial charge on any atom is 0.186 e. The fourth-order valence-electron chi connectivity index (χ4n) is 4.00. The molecule has 1 aliphatic heterocycles. The third kappa shape index (κ3) is 6.73. The molecule has 0 aromatic heterocycles. The minimum atomic E-state index is -0.962. The average Bonchev–Trinajstić information content (AvgIpc) is 2.89. The SMILES string of the molecule is CO[C@@H]1O[C@H](COCc2ccccc2)[C@H](OCc2ccccc2)[C@H](O)[C@H]1OCc1ccccc1. The molecule has 3 aromatic carbocycles. The van der Waals surface area contributed by atoms with E-state index in [1.165, 1.54) is 0 Å². The van der Waals surface area contributed by atoms with Crippen molar-refractivity contribution in [2.75, 3.05) is 13.7 Å². The second-order valence-electron chi connectivity index (χ2n) is 8.29. The van der Waals surface area contributed by atoms with E-state index in [1.54, 1.807) is 7.11 Å². The Balaban J connectivity index is 1.44. The second kappa shape index (κ2) is 12.8. The van der Waals surface area contributed by atoms with Gasteiger partial charge in [-0.05, 0) is 16.7 Å². The van der Waals surface area contributed by atoms with Crippen LogP contribution in [0, 0.1) is 0 Å². The van der Waals surface area contributed by atoms with Gasteiger partial charge in [0.1, 0.15) is 24.4 Å². The van der Waals surface area contributed by atoms with Crippen molar-refractivity contribution in [2.45, 2.75) is 50.5 Å². The highest BCUT2D eigenvalue weighted by Gasteiger charge is 2.47. The normalized spacial score (nSPS) is 24.7. The Bertz CT molecular complexity index is 950. The molecule has 5 atom stereocenters. The van der Waals surface area contributed by atoms with Crippen LogP contribution < -0.4 is 0 Å². The molecule has 6 heteroatoms. The van der Waals surface area contributed by atoms with Gasteiger partial charge in [0.25, 0.3) is 0 Å². The summed E-state index contributed by atoms with van der Waals surface area (Å²) < 4.78 is 29.9. The van der Waals surface area contributed by atoms with Crippen LogP contribution in [0.3, 0.4) is 0 Å². The molecule has 0 unspecified atom stereocenters. The molecule has 1 N–H and O–H groups in total. The van der Waals surface area contributed by atoms with Crippen molar-refractivity contribution in [3.8, 4) is 0 Å². The number of ether oxygens (including phenoxy) is 5. The van der Waals surface area contributed by atoms with E-state index in [-0.39, 0.29) is 6.61 Å². The van der Waals surface area contributed by atoms with E-state index >= 15 is 0 Å². The van der Waals surface area contributed by atoms with Crippen molar-refractivity contribution in [3.05, 3.63) is 108 Å². The van der Waals surface area contributed by atoms with Crippen LogP contribution >= 0.6 is 0 Å². The Morgan fingerprint density at radius 2 is 1.15 bits per heavy atom. The smallest absolute Gasteiger partial charge is 0.186 e. The molecule has 6 nitrogen and oxygen atoms in total. The summed E-state index contributed by atoms with van der Waals surface area (Å²) in [5.74, 6) is 0. The van der Waals surface area contributed by atoms with Gasteiger partial charge in [-0.1, -0.05) is 91.0 Å². The van der Waals surface area contributed by atoms with Gasteiger partial charge in [0.15, 0.2) is 6.29 Å². The summed E-state index contributed by atoms with van der Waals surface area (Å²) >= 11 is 0. The van der Waals surface area contributed by atoms with Gasteiger partial charge in [0.2, 0.25) is 0 Å². The van der Waals surface area contributed by atoms with E-state index in [0.717, 1.165) is 16.7 Å². The Hall–Kier alpha value is -2.58. The van der Waals surface area contributed by atoms with Crippen LogP contribution in [-0.4, -0.2) is 49.5 Å². The van der Waals surface area contributed by atoms with E-state index in [9.17, 15) is 5.11 Å². The lowest BCUT2D eigenvalue weighted by Gasteiger charge is -2.43. The molecule has 1 saturated heterocycles. The highest BCUT2D eigenvalue weighted by molar-refractivity contribution is 5.15. The molecule has 34 heavy (non-hydrogen) atoms. The van der Waals surface area contributed by atoms with Gasteiger partial charge in [-0.15, -0.1) is 0 Å². The summed E-state index contributed by atoms with van der Waals surface area (Å²) in [6.45, 7) is 1.35. The molecule has 180 valence electrons. The van der Waals surface area contributed by atoms with Crippen molar-refractivity contribution in [2.24, 2.45) is 0 Å². The zero-order chi connectivity index (χ0) is 23.6. The van der Waals surface area contributed by atoms with Crippen LogP contribution in [0.1, 0.15) is 16.7 Å². The molecular weight excluding hydrogens is 432 g/mol. The van der Waals surface area contributed by atoms with E-state index in [4.69, 9.17) is 23.7 Å². The first-order valence-electron chi connectivity index (χ1n) is 11.5. The summed E-state index contributed by atoms with van der Waals surface area (Å²) in [4.78, 5) is 0. The Morgan fingerprint density at radius 3 is 1.65 bits per heavy atom. The quantitative estimate of drug-likeness (QED) is 0.461. The van der Waals surface area contributed by atoms with Crippen molar-refractivity contribution in [1.29, 1.82) is 0 Å². The minimum absolute atomic E-state index is 0.247. The Morgan fingerprint density at radius 1 is 0.676 bits per heavy atom. The summed E-state index contributed by atoms with van der Waals surface area (Å²) in [6.07, 6.45) is -3.60. The predicted octanol–water partition coefficient (Wildman–Crippen LogP) is 4.11. The number of aliphatic hydroxyl groups is 1. The topological polar surface area (TPSA) is 66.4 Å². The molecule has 1 heterocycles. The molecule has 0 saturated carbocycles. The van der Waals surface area contributed by atoms with Gasteiger partial charge in [-0.25, -0.2) is 0 Å². The summed E-state index contributed by atoms with van der Waals surface area (Å²) in [5, 5.41) is 11.3. The van der Waals surface area contributed by atoms with Crippen LogP contribution in [0.4, 0.5) is 0 Å². The van der Waals surface area contributed by atoms with Crippen LogP contribution in [0.5, 0.6) is 0 Å². The van der Waals surface area contributed by atoms with Gasteiger partial charge in [-0.3, -0.25) is 0 Å². The predicted molar refractivity (Wildman–Crippen MR) is 128 cm³/mol. The fraction of sp³-hybridized carbons (Fsp3) is 0.357. The van der Waals surface area contributed by atoms with E-state index < -0.39 is 30.7 Å². The van der Waals surface area contributed by atoms with Crippen LogP contribution in [0.2, 0.25) is 0 Å². The largest absolute Gasteiger partial charge is 0.387 e. The molecule has 4 rings (SSSR count). The molecule has 1 aliphatic rings. The lowest BCUT2D eigenvalue weighted by atomic mass is 9.98. The van der Waals surface area contributed by atoms with Crippen molar-refractivity contribution >= 4 is 0 Å². The third-order valence-electron chi connectivity index (χ3n) is 5.81. The van der Waals surface area contributed by atoms with Gasteiger partial charge in [0.05, 0.1) is 26.4 Å². The molecule has 0 radical (unpaired) electrons. The first-order valence-corrected chi connectivity index (χ1v) is 11.5. The zero-order valence-corrected chi connectivity index (χ0v) is 19.4. The van der Waals surface area contributed by atoms with Crippen molar-refractivity contribution in [1.82, 2.24) is 0 Å². The second-order valence-corrected chi connectivity index (χ2v) is 8.29. The monoisotopic (exact) mass is 464 g/mol. The molecule has 0 aliphatic carbocycles. The minimum Gasteiger partial charge on any atom is -0.387 e. The highest BCUT2D eigenvalue weighted by atomic mass is 16.7. The lowest BCUT2D eigenvalue weighted by molar-refractivity contribution is -0.315. The molecule has 1 fully saturated rings. The number of methoxy groups -OCH3 is 1. The van der Waals surface area contributed by atoms with Gasteiger partial charge in [0, 0.05) is 7.11 Å². The Kier molecular flexibility index (Phi) is 9.21. The number of hydrogen-bond donors (Lipinski definition) is 1. The number of aliphatic hydroxyl groups excluding tert-OH is 1. The number of hydrogen-bond acceptors (Lipinski definition) is 6. The lowest BCUT2D eigenvalue weighted by Crippen LogP contribution is -2.60. The maximum absolute atomic E-state index is 11.3. The first kappa shape index (κ1) is 24.5. The molecule has 0 spiro atoms. The van der Waals surface area contributed by atoms with Crippen molar-refractivity contribution in [3.63, 3.8) is 0 Å². The van der Waals surface area contributed by atoms with Crippen LogP contribution in [-0.2, 0) is 43.5 Å². The van der Waals surface area contributed by atoms with Crippen LogP contribution in [0.15, 0.2) is 91.0 Å². The summed E-state index contributed by atoms with van der Waals surface area (Å²) in [5.41, 5.74) is 3.07. The molecule has 0 amide bonds. The molecule has 3 aromatic rings. The van der Waals surface area contributed by atoms with Gasteiger partial charge >= 0.3 is 0 Å². The average molecular weight is 465 g/mol. The summed E-state index contributed by atoms with van der Waals surface area (Å²) in [7, 11) is 1.54. The van der Waals surface area contributed by atoms with Gasteiger partial charge in [-0.2, -0.15) is 0 Å². The third-order valence-corrected chi connectivity index (χ3v) is 5.81. The number of benzene rings is 3. The maximum atomic E-state index is 11.3. The fourth-order valence-corrected chi connectivity index (χ4v) is 4.00. The molecular formula is C28H32O6. The zero-order valence-electron chi connectivity index (χ0n) is 19.4. The highest BCUT2D eigenvalue weighted by Crippen LogP contribution is 2.28. The van der Waals surface area contributed by atoms with E-state index in [1.807, 2.05) is 91.0 Å². The standard InChI is InChI=1S/C28H32O6/c1-30-28-27(33-19-23-15-9-4-10-16-23)25(29)26(32-18-22-13-7-3-8-14-22)24(34-28)20-31-17-21-11-5-2-6-12-21/h2-16,24-29H,17-20H2,1H3/t24-,25+,26+,27-,28-/m1/s1. The van der Waals surface area contributed by atoms with Crippen molar-refractivity contribution < 1.29 is 28.8 Å².